The zero-order chi connectivity index (χ0) is 20.1. The molecule has 2 amide bonds. The minimum absolute atomic E-state index is 0.0456. The smallest absolute Gasteiger partial charge is 0.277 e. The second-order valence-corrected chi connectivity index (χ2v) is 7.46. The normalized spacial score (nSPS) is 14.9. The Morgan fingerprint density at radius 2 is 1.93 bits per heavy atom. The highest BCUT2D eigenvalue weighted by Gasteiger charge is 2.19. The van der Waals surface area contributed by atoms with Crippen molar-refractivity contribution in [3.8, 4) is 0 Å². The Kier molecular flexibility index (Phi) is 6.41. The average molecular weight is 384 g/mol. The third-order valence-corrected chi connectivity index (χ3v) is 5.02. The molecular formula is C20H28N6O2. The van der Waals surface area contributed by atoms with Crippen LogP contribution in [-0.4, -0.2) is 50.8 Å². The Morgan fingerprint density at radius 3 is 2.54 bits per heavy atom. The fourth-order valence-electron chi connectivity index (χ4n) is 3.37. The minimum atomic E-state index is -0.277. The fourth-order valence-corrected chi connectivity index (χ4v) is 3.37. The molecule has 1 aromatic carbocycles. The molecular weight excluding hydrogens is 356 g/mol. The monoisotopic (exact) mass is 384 g/mol. The van der Waals surface area contributed by atoms with Gasteiger partial charge in [0.1, 0.15) is 0 Å². The van der Waals surface area contributed by atoms with Gasteiger partial charge in [-0.25, -0.2) is 4.68 Å². The largest absolute Gasteiger partial charge is 0.336 e. The van der Waals surface area contributed by atoms with Gasteiger partial charge in [-0.3, -0.25) is 9.59 Å². The average Bonchev–Trinajstić information content (AvgIpc) is 3.18. The molecule has 150 valence electrons. The third-order valence-electron chi connectivity index (χ3n) is 5.02. The summed E-state index contributed by atoms with van der Waals surface area (Å²) in [6.07, 6.45) is 3.69. The first kappa shape index (κ1) is 20.0. The van der Waals surface area contributed by atoms with E-state index in [9.17, 15) is 9.59 Å². The van der Waals surface area contributed by atoms with E-state index in [4.69, 9.17) is 0 Å². The summed E-state index contributed by atoms with van der Waals surface area (Å²) in [5, 5.41) is 14.3. The van der Waals surface area contributed by atoms with Crippen molar-refractivity contribution in [2.45, 2.75) is 52.2 Å². The Bertz CT molecular complexity index is 808. The van der Waals surface area contributed by atoms with Crippen molar-refractivity contribution in [3.63, 3.8) is 0 Å². The molecule has 28 heavy (non-hydrogen) atoms. The topological polar surface area (TPSA) is 92.2 Å². The van der Waals surface area contributed by atoms with Crippen molar-refractivity contribution in [1.82, 2.24) is 25.2 Å². The predicted octanol–water partition coefficient (Wildman–Crippen LogP) is 2.21. The number of anilines is 1. The van der Waals surface area contributed by atoms with E-state index in [-0.39, 0.29) is 17.9 Å². The molecule has 0 spiro atoms. The molecule has 0 saturated carbocycles. The first-order chi connectivity index (χ1) is 13.4. The van der Waals surface area contributed by atoms with Gasteiger partial charge in [0.15, 0.2) is 5.69 Å². The van der Waals surface area contributed by atoms with Gasteiger partial charge in [-0.05, 0) is 57.5 Å². The molecule has 2 heterocycles. The van der Waals surface area contributed by atoms with Gasteiger partial charge in [0.05, 0.1) is 12.2 Å². The van der Waals surface area contributed by atoms with Crippen LogP contribution in [0.1, 0.15) is 55.7 Å². The molecule has 1 aliphatic rings. The molecule has 3 rings (SSSR count). The van der Waals surface area contributed by atoms with Gasteiger partial charge in [-0.2, -0.15) is 0 Å². The Labute approximate surface area is 165 Å². The van der Waals surface area contributed by atoms with Crippen LogP contribution in [0.4, 0.5) is 5.69 Å². The van der Waals surface area contributed by atoms with Crippen molar-refractivity contribution >= 4 is 17.5 Å². The summed E-state index contributed by atoms with van der Waals surface area (Å²) in [6, 6.07) is 7.94. The van der Waals surface area contributed by atoms with Crippen molar-refractivity contribution in [3.05, 3.63) is 41.7 Å². The lowest BCUT2D eigenvalue weighted by Crippen LogP contribution is -2.34. The summed E-state index contributed by atoms with van der Waals surface area (Å²) >= 11 is 0. The van der Waals surface area contributed by atoms with E-state index in [0.717, 1.165) is 31.5 Å². The van der Waals surface area contributed by atoms with Gasteiger partial charge in [-0.15, -0.1) is 5.10 Å². The lowest BCUT2D eigenvalue weighted by molar-refractivity contribution is -0.131. The molecule has 2 N–H and O–H groups in total. The van der Waals surface area contributed by atoms with E-state index in [1.165, 1.54) is 0 Å². The number of carbonyl (C=O) groups is 2. The van der Waals surface area contributed by atoms with Crippen LogP contribution in [0.2, 0.25) is 0 Å². The van der Waals surface area contributed by atoms with Gasteiger partial charge in [0.25, 0.3) is 5.91 Å². The Hall–Kier alpha value is -2.74. The summed E-state index contributed by atoms with van der Waals surface area (Å²) in [5.74, 6) is -0.232. The molecule has 1 saturated heterocycles. The standard InChI is InChI=1S/C20H28N6O2/c1-14(2)25(15(3)27)12-16-4-6-17(7-5-16)22-20(28)19-13-26(24-23-19)18-8-10-21-11-9-18/h4-7,13-14,18,21H,8-12H2,1-3H3,(H,22,28). The van der Waals surface area contributed by atoms with Crippen LogP contribution in [0.25, 0.3) is 0 Å². The maximum Gasteiger partial charge on any atom is 0.277 e. The Morgan fingerprint density at radius 1 is 1.25 bits per heavy atom. The molecule has 8 heteroatoms. The van der Waals surface area contributed by atoms with Gasteiger partial charge < -0.3 is 15.5 Å². The SMILES string of the molecule is CC(=O)N(Cc1ccc(NC(=O)c2cn(C3CCNCC3)nn2)cc1)C(C)C. The molecule has 1 aromatic heterocycles. The minimum Gasteiger partial charge on any atom is -0.336 e. The van der Waals surface area contributed by atoms with Crippen LogP contribution in [0.5, 0.6) is 0 Å². The third kappa shape index (κ3) is 4.95. The van der Waals surface area contributed by atoms with Gasteiger partial charge in [0, 0.05) is 25.2 Å². The number of aromatic nitrogens is 3. The zero-order valence-electron chi connectivity index (χ0n) is 16.7. The number of amides is 2. The quantitative estimate of drug-likeness (QED) is 0.797. The van der Waals surface area contributed by atoms with Gasteiger partial charge in [0.2, 0.25) is 5.91 Å². The zero-order valence-corrected chi connectivity index (χ0v) is 16.7. The number of hydrogen-bond acceptors (Lipinski definition) is 5. The van der Waals surface area contributed by atoms with Crippen molar-refractivity contribution in [1.29, 1.82) is 0 Å². The van der Waals surface area contributed by atoms with E-state index >= 15 is 0 Å². The molecule has 0 bridgehead atoms. The van der Waals surface area contributed by atoms with Crippen LogP contribution >= 0.6 is 0 Å². The van der Waals surface area contributed by atoms with Crippen molar-refractivity contribution in [2.75, 3.05) is 18.4 Å². The summed E-state index contributed by atoms with van der Waals surface area (Å²) in [7, 11) is 0. The van der Waals surface area contributed by atoms with Gasteiger partial charge >= 0.3 is 0 Å². The number of nitrogens with zero attached hydrogens (tertiary/aromatic N) is 4. The number of nitrogens with one attached hydrogen (secondary N) is 2. The van der Waals surface area contributed by atoms with E-state index in [1.54, 1.807) is 22.7 Å². The summed E-state index contributed by atoms with van der Waals surface area (Å²) < 4.78 is 1.79. The molecule has 8 nitrogen and oxygen atoms in total. The second-order valence-electron chi connectivity index (χ2n) is 7.46. The van der Waals surface area contributed by atoms with Crippen molar-refractivity contribution in [2.24, 2.45) is 0 Å². The van der Waals surface area contributed by atoms with E-state index in [1.807, 2.05) is 38.1 Å². The van der Waals surface area contributed by atoms with Crippen LogP contribution in [-0.2, 0) is 11.3 Å². The highest BCUT2D eigenvalue weighted by Crippen LogP contribution is 2.18. The maximum absolute atomic E-state index is 12.5. The van der Waals surface area contributed by atoms with E-state index in [2.05, 4.69) is 20.9 Å². The number of rotatable bonds is 6. The highest BCUT2D eigenvalue weighted by molar-refractivity contribution is 6.02. The van der Waals surface area contributed by atoms with E-state index < -0.39 is 0 Å². The summed E-state index contributed by atoms with van der Waals surface area (Å²) in [4.78, 5) is 26.0. The number of hydrogen-bond donors (Lipinski definition) is 2. The number of benzene rings is 1. The maximum atomic E-state index is 12.5. The van der Waals surface area contributed by atoms with E-state index in [0.29, 0.717) is 24.0 Å². The number of piperidine rings is 1. The number of carbonyl (C=O) groups excluding carboxylic acids is 2. The van der Waals surface area contributed by atoms with Crippen LogP contribution in [0.15, 0.2) is 30.5 Å². The molecule has 1 fully saturated rings. The van der Waals surface area contributed by atoms with Crippen LogP contribution in [0.3, 0.4) is 0 Å². The Balaban J connectivity index is 1.60. The lowest BCUT2D eigenvalue weighted by Gasteiger charge is -2.25. The molecule has 0 radical (unpaired) electrons. The van der Waals surface area contributed by atoms with Gasteiger partial charge in [-0.1, -0.05) is 17.3 Å². The van der Waals surface area contributed by atoms with Crippen LogP contribution < -0.4 is 10.6 Å². The summed E-state index contributed by atoms with van der Waals surface area (Å²) in [5.41, 5.74) is 2.01. The molecule has 0 atom stereocenters. The predicted molar refractivity (Wildman–Crippen MR) is 107 cm³/mol. The lowest BCUT2D eigenvalue weighted by atomic mass is 10.1. The van der Waals surface area contributed by atoms with Crippen LogP contribution in [0, 0.1) is 0 Å². The summed E-state index contributed by atoms with van der Waals surface area (Å²) in [6.45, 7) is 8.02. The second kappa shape index (κ2) is 8.97. The molecule has 0 aliphatic carbocycles. The molecule has 2 aromatic rings. The molecule has 1 aliphatic heterocycles. The highest BCUT2D eigenvalue weighted by atomic mass is 16.2. The van der Waals surface area contributed by atoms with Crippen molar-refractivity contribution < 1.29 is 9.59 Å². The first-order valence-electron chi connectivity index (χ1n) is 9.74. The fraction of sp³-hybridized carbons (Fsp3) is 0.500. The first-order valence-corrected chi connectivity index (χ1v) is 9.74. The molecule has 0 unspecified atom stereocenters.